The molecule has 2 N–H and O–H groups in total. The quantitative estimate of drug-likeness (QED) is 0.894. The monoisotopic (exact) mass is 309 g/mol. The van der Waals surface area contributed by atoms with E-state index < -0.39 is 5.60 Å². The maximum absolute atomic E-state index is 6.20. The molecule has 2 atom stereocenters. The second-order valence-electron chi connectivity index (χ2n) is 6.07. The highest BCUT2D eigenvalue weighted by Gasteiger charge is 2.35. The molecule has 2 aliphatic rings. The van der Waals surface area contributed by atoms with E-state index in [4.69, 9.17) is 15.2 Å². The fourth-order valence-electron chi connectivity index (χ4n) is 2.71. The number of hydrogen-bond donors (Lipinski definition) is 1. The van der Waals surface area contributed by atoms with E-state index in [0.717, 1.165) is 29.9 Å². The van der Waals surface area contributed by atoms with E-state index >= 15 is 0 Å². The summed E-state index contributed by atoms with van der Waals surface area (Å²) in [6.45, 7) is 2.59. The van der Waals surface area contributed by atoms with Crippen LogP contribution in [0.5, 0.6) is 0 Å². The zero-order chi connectivity index (χ0) is 16.1. The molecule has 1 aromatic carbocycles. The van der Waals surface area contributed by atoms with Crippen LogP contribution < -0.4 is 5.73 Å². The number of allylic oxidation sites excluding steroid dienone is 5. The van der Waals surface area contributed by atoms with Crippen LogP contribution in [0.4, 0.5) is 0 Å². The van der Waals surface area contributed by atoms with Crippen LogP contribution in [-0.2, 0) is 16.1 Å². The zero-order valence-corrected chi connectivity index (χ0v) is 13.4. The molecule has 2 aliphatic carbocycles. The lowest BCUT2D eigenvalue weighted by atomic mass is 9.93. The van der Waals surface area contributed by atoms with Crippen LogP contribution in [0.3, 0.4) is 0 Å². The molecule has 3 nitrogen and oxygen atoms in total. The van der Waals surface area contributed by atoms with Crippen molar-refractivity contribution >= 4 is 0 Å². The Balaban J connectivity index is 1.72. The van der Waals surface area contributed by atoms with Gasteiger partial charge in [-0.3, -0.25) is 0 Å². The van der Waals surface area contributed by atoms with Gasteiger partial charge in [-0.05, 0) is 43.6 Å². The molecule has 0 heterocycles. The minimum absolute atomic E-state index is 0.201. The van der Waals surface area contributed by atoms with Crippen LogP contribution in [-0.4, -0.2) is 11.7 Å². The summed E-state index contributed by atoms with van der Waals surface area (Å²) >= 11 is 0. The summed E-state index contributed by atoms with van der Waals surface area (Å²) in [6.07, 6.45) is 13.7. The van der Waals surface area contributed by atoms with E-state index in [-0.39, 0.29) is 6.10 Å². The molecule has 0 amide bonds. The Morgan fingerprint density at radius 2 is 2.04 bits per heavy atom. The Morgan fingerprint density at radius 3 is 2.83 bits per heavy atom. The van der Waals surface area contributed by atoms with Crippen LogP contribution in [0.15, 0.2) is 78.2 Å². The minimum Gasteiger partial charge on any atom is -0.481 e. The number of hydrogen-bond acceptors (Lipinski definition) is 3. The molecule has 23 heavy (non-hydrogen) atoms. The molecule has 0 radical (unpaired) electrons. The van der Waals surface area contributed by atoms with Crippen molar-refractivity contribution in [1.82, 2.24) is 0 Å². The summed E-state index contributed by atoms with van der Waals surface area (Å²) in [5.74, 6) is 0.760. The Labute approximate surface area is 137 Å². The molecule has 3 heteroatoms. The van der Waals surface area contributed by atoms with Gasteiger partial charge in [0.05, 0.1) is 12.3 Å². The fraction of sp³-hybridized carbons (Fsp3) is 0.300. The summed E-state index contributed by atoms with van der Waals surface area (Å²) in [4.78, 5) is 0. The summed E-state index contributed by atoms with van der Waals surface area (Å²) < 4.78 is 12.3. The van der Waals surface area contributed by atoms with Gasteiger partial charge in [-0.25, -0.2) is 0 Å². The third-order valence-corrected chi connectivity index (χ3v) is 4.20. The van der Waals surface area contributed by atoms with Crippen molar-refractivity contribution in [3.8, 4) is 0 Å². The Kier molecular flexibility index (Phi) is 4.68. The first-order valence-electron chi connectivity index (χ1n) is 8.03. The van der Waals surface area contributed by atoms with Crippen molar-refractivity contribution in [3.05, 3.63) is 83.8 Å². The van der Waals surface area contributed by atoms with E-state index in [1.165, 1.54) is 0 Å². The van der Waals surface area contributed by atoms with Gasteiger partial charge >= 0.3 is 0 Å². The number of ether oxygens (including phenoxy) is 2. The van der Waals surface area contributed by atoms with Crippen molar-refractivity contribution < 1.29 is 9.47 Å². The van der Waals surface area contributed by atoms with Crippen LogP contribution in [0.2, 0.25) is 0 Å². The third-order valence-electron chi connectivity index (χ3n) is 4.20. The minimum atomic E-state index is -0.525. The largest absolute Gasteiger partial charge is 0.481 e. The van der Waals surface area contributed by atoms with Crippen molar-refractivity contribution in [3.63, 3.8) is 0 Å². The van der Waals surface area contributed by atoms with E-state index in [0.29, 0.717) is 6.61 Å². The Bertz CT molecular complexity index is 657. The predicted molar refractivity (Wildman–Crippen MR) is 92.4 cm³/mol. The van der Waals surface area contributed by atoms with E-state index in [9.17, 15) is 0 Å². The lowest BCUT2D eigenvalue weighted by molar-refractivity contribution is -0.0806. The molecule has 2 unspecified atom stereocenters. The average molecular weight is 309 g/mol. The summed E-state index contributed by atoms with van der Waals surface area (Å²) in [7, 11) is 0. The molecule has 1 aromatic rings. The smallest absolute Gasteiger partial charge is 0.149 e. The van der Waals surface area contributed by atoms with Crippen molar-refractivity contribution in [1.29, 1.82) is 0 Å². The molecule has 0 saturated heterocycles. The highest BCUT2D eigenvalue weighted by atomic mass is 16.6. The average Bonchev–Trinajstić information content (AvgIpc) is 2.58. The summed E-state index contributed by atoms with van der Waals surface area (Å²) in [5.41, 5.74) is 7.50. The molecule has 0 aliphatic heterocycles. The highest BCUT2D eigenvalue weighted by Crippen LogP contribution is 2.30. The molecule has 3 rings (SSSR count). The van der Waals surface area contributed by atoms with Gasteiger partial charge in [0, 0.05) is 0 Å². The second-order valence-corrected chi connectivity index (χ2v) is 6.07. The first-order valence-corrected chi connectivity index (χ1v) is 8.03. The summed E-state index contributed by atoms with van der Waals surface area (Å²) in [5, 5.41) is 0. The lowest BCUT2D eigenvalue weighted by Crippen LogP contribution is -2.42. The highest BCUT2D eigenvalue weighted by molar-refractivity contribution is 5.27. The number of nitrogens with two attached hydrogens (primary N) is 1. The topological polar surface area (TPSA) is 44.5 Å². The molecule has 120 valence electrons. The van der Waals surface area contributed by atoms with E-state index in [1.807, 2.05) is 55.5 Å². The number of rotatable bonds is 5. The van der Waals surface area contributed by atoms with Gasteiger partial charge in [0.1, 0.15) is 17.5 Å². The predicted octanol–water partition coefficient (Wildman–Crippen LogP) is 3.99. The molecular formula is C20H23NO2. The molecule has 0 spiro atoms. The van der Waals surface area contributed by atoms with Crippen molar-refractivity contribution in [2.24, 2.45) is 5.73 Å². The Morgan fingerprint density at radius 1 is 1.22 bits per heavy atom. The molecule has 0 fully saturated rings. The van der Waals surface area contributed by atoms with Crippen LogP contribution in [0.1, 0.15) is 25.3 Å². The van der Waals surface area contributed by atoms with Gasteiger partial charge in [0.15, 0.2) is 0 Å². The molecule has 0 saturated carbocycles. The SMILES string of the molecule is CC1(OCc2ccccc2)C=CC=CC1OC1=C(N)CCC=C1. The van der Waals surface area contributed by atoms with Gasteiger partial charge in [0.25, 0.3) is 0 Å². The fourth-order valence-corrected chi connectivity index (χ4v) is 2.71. The molecule has 0 aromatic heterocycles. The zero-order valence-electron chi connectivity index (χ0n) is 13.4. The van der Waals surface area contributed by atoms with Crippen molar-refractivity contribution in [2.75, 3.05) is 0 Å². The van der Waals surface area contributed by atoms with Gasteiger partial charge in [0.2, 0.25) is 0 Å². The van der Waals surface area contributed by atoms with Gasteiger partial charge in [-0.15, -0.1) is 0 Å². The van der Waals surface area contributed by atoms with E-state index in [2.05, 4.69) is 18.2 Å². The van der Waals surface area contributed by atoms with Crippen LogP contribution in [0.25, 0.3) is 0 Å². The maximum Gasteiger partial charge on any atom is 0.149 e. The van der Waals surface area contributed by atoms with E-state index in [1.54, 1.807) is 0 Å². The normalized spacial score (nSPS) is 26.6. The second kappa shape index (κ2) is 6.88. The van der Waals surface area contributed by atoms with Crippen LogP contribution >= 0.6 is 0 Å². The van der Waals surface area contributed by atoms with Crippen molar-refractivity contribution in [2.45, 2.75) is 38.1 Å². The standard InChI is InChI=1S/C20H23NO2/c1-20(22-15-16-9-3-2-4-10-16)14-8-7-13-19(20)23-18-12-6-5-11-17(18)21/h2-4,6-10,12-14,19H,5,11,15,21H2,1H3. The summed E-state index contributed by atoms with van der Waals surface area (Å²) in [6, 6.07) is 10.2. The third kappa shape index (κ3) is 3.74. The van der Waals surface area contributed by atoms with Gasteiger partial charge < -0.3 is 15.2 Å². The molecular weight excluding hydrogens is 286 g/mol. The first-order chi connectivity index (χ1) is 11.2. The first kappa shape index (κ1) is 15.6. The Hall–Kier alpha value is -2.26. The number of benzene rings is 1. The molecule has 0 bridgehead atoms. The van der Waals surface area contributed by atoms with Gasteiger partial charge in [-0.1, -0.05) is 48.6 Å². The van der Waals surface area contributed by atoms with Crippen LogP contribution in [0, 0.1) is 0 Å². The lowest BCUT2D eigenvalue weighted by Gasteiger charge is -2.36. The van der Waals surface area contributed by atoms with Gasteiger partial charge in [-0.2, -0.15) is 0 Å². The maximum atomic E-state index is 6.20.